The molecule has 0 bridgehead atoms. The molecule has 0 aliphatic carbocycles. The van der Waals surface area contributed by atoms with E-state index in [1.54, 1.807) is 18.9 Å². The van der Waals surface area contributed by atoms with Crippen LogP contribution in [0.4, 0.5) is 0 Å². The van der Waals surface area contributed by atoms with Crippen molar-refractivity contribution in [3.05, 3.63) is 23.8 Å². The van der Waals surface area contributed by atoms with Gasteiger partial charge in [0, 0.05) is 17.7 Å². The molecule has 0 spiro atoms. The second-order valence-corrected chi connectivity index (χ2v) is 4.66. The maximum absolute atomic E-state index is 5.24. The Labute approximate surface area is 109 Å². The second-order valence-electron chi connectivity index (χ2n) is 3.81. The normalized spacial score (nSPS) is 9.59. The zero-order valence-electron chi connectivity index (χ0n) is 10.9. The van der Waals surface area contributed by atoms with Gasteiger partial charge in [0.05, 0.1) is 7.11 Å². The van der Waals surface area contributed by atoms with E-state index in [0.29, 0.717) is 0 Å². The minimum Gasteiger partial charge on any atom is -0.497 e. The molecular formula is C15H20OS. The molecule has 0 unspecified atom stereocenters. The SMILES string of the molecule is CCCCC#CCc1cc(OC)ccc1SC. The summed E-state index contributed by atoms with van der Waals surface area (Å²) < 4.78 is 5.24. The van der Waals surface area contributed by atoms with Gasteiger partial charge in [-0.15, -0.1) is 17.7 Å². The molecule has 2 heteroatoms. The Hall–Kier alpha value is -1.07. The summed E-state index contributed by atoms with van der Waals surface area (Å²) in [4.78, 5) is 1.29. The Kier molecular flexibility index (Phi) is 6.65. The van der Waals surface area contributed by atoms with E-state index in [4.69, 9.17) is 4.74 Å². The van der Waals surface area contributed by atoms with E-state index in [9.17, 15) is 0 Å². The van der Waals surface area contributed by atoms with Crippen molar-refractivity contribution in [3.8, 4) is 17.6 Å². The summed E-state index contributed by atoms with van der Waals surface area (Å²) in [6.07, 6.45) is 6.33. The van der Waals surface area contributed by atoms with E-state index < -0.39 is 0 Å². The number of hydrogen-bond donors (Lipinski definition) is 0. The Morgan fingerprint density at radius 3 is 2.76 bits per heavy atom. The van der Waals surface area contributed by atoms with Crippen LogP contribution in [-0.2, 0) is 6.42 Å². The fraction of sp³-hybridized carbons (Fsp3) is 0.467. The molecular weight excluding hydrogens is 228 g/mol. The minimum absolute atomic E-state index is 0.817. The van der Waals surface area contributed by atoms with Gasteiger partial charge >= 0.3 is 0 Å². The van der Waals surface area contributed by atoms with Crippen LogP contribution in [0.5, 0.6) is 5.75 Å². The zero-order valence-corrected chi connectivity index (χ0v) is 11.7. The fourth-order valence-corrected chi connectivity index (χ4v) is 2.13. The van der Waals surface area contributed by atoms with E-state index in [1.807, 2.05) is 6.07 Å². The number of benzene rings is 1. The average Bonchev–Trinajstić information content (AvgIpc) is 2.38. The number of hydrogen-bond acceptors (Lipinski definition) is 2. The van der Waals surface area contributed by atoms with Crippen LogP contribution < -0.4 is 4.74 Å². The van der Waals surface area contributed by atoms with E-state index in [2.05, 4.69) is 37.2 Å². The van der Waals surface area contributed by atoms with Gasteiger partial charge in [-0.1, -0.05) is 19.3 Å². The highest BCUT2D eigenvalue weighted by Crippen LogP contribution is 2.25. The van der Waals surface area contributed by atoms with E-state index >= 15 is 0 Å². The predicted molar refractivity (Wildman–Crippen MR) is 75.8 cm³/mol. The molecule has 0 atom stereocenters. The van der Waals surface area contributed by atoms with Crippen LogP contribution in [0.25, 0.3) is 0 Å². The van der Waals surface area contributed by atoms with Gasteiger partial charge in [0.15, 0.2) is 0 Å². The summed E-state index contributed by atoms with van der Waals surface area (Å²) in [5.41, 5.74) is 1.26. The summed E-state index contributed by atoms with van der Waals surface area (Å²) in [6.45, 7) is 2.19. The van der Waals surface area contributed by atoms with E-state index in [-0.39, 0.29) is 0 Å². The Bertz CT molecular complexity index is 401. The summed E-state index contributed by atoms with van der Waals surface area (Å²) in [6, 6.07) is 6.19. The van der Waals surface area contributed by atoms with E-state index in [1.165, 1.54) is 23.3 Å². The molecule has 0 aliphatic rings. The van der Waals surface area contributed by atoms with Gasteiger partial charge in [-0.3, -0.25) is 0 Å². The van der Waals surface area contributed by atoms with Crippen LogP contribution in [0.15, 0.2) is 23.1 Å². The number of thioether (sulfide) groups is 1. The molecule has 1 nitrogen and oxygen atoms in total. The first-order valence-electron chi connectivity index (χ1n) is 5.98. The van der Waals surface area contributed by atoms with Crippen molar-refractivity contribution in [2.24, 2.45) is 0 Å². The van der Waals surface area contributed by atoms with Crippen molar-refractivity contribution in [2.75, 3.05) is 13.4 Å². The van der Waals surface area contributed by atoms with Gasteiger partial charge in [-0.25, -0.2) is 0 Å². The first-order chi connectivity index (χ1) is 8.31. The highest BCUT2D eigenvalue weighted by atomic mass is 32.2. The van der Waals surface area contributed by atoms with Crippen LogP contribution in [0, 0.1) is 11.8 Å². The highest BCUT2D eigenvalue weighted by molar-refractivity contribution is 7.98. The van der Waals surface area contributed by atoms with Crippen molar-refractivity contribution in [2.45, 2.75) is 37.5 Å². The smallest absolute Gasteiger partial charge is 0.119 e. The Morgan fingerprint density at radius 1 is 1.29 bits per heavy atom. The molecule has 0 saturated carbocycles. The Balaban J connectivity index is 2.69. The third kappa shape index (κ3) is 4.75. The quantitative estimate of drug-likeness (QED) is 0.440. The molecule has 1 aromatic carbocycles. The van der Waals surface area contributed by atoms with Gasteiger partial charge in [0.2, 0.25) is 0 Å². The summed E-state index contributed by atoms with van der Waals surface area (Å²) in [5, 5.41) is 0. The van der Waals surface area contributed by atoms with Crippen LogP contribution in [0.2, 0.25) is 0 Å². The molecule has 1 rings (SSSR count). The molecule has 1 aromatic rings. The standard InChI is InChI=1S/C15H20OS/c1-4-5-6-7-8-9-13-12-14(16-2)10-11-15(13)17-3/h10-12H,4-6,9H2,1-3H3. The average molecular weight is 248 g/mol. The van der Waals surface area contributed by atoms with E-state index in [0.717, 1.165) is 18.6 Å². The van der Waals surface area contributed by atoms with Gasteiger partial charge < -0.3 is 4.74 Å². The molecule has 0 aliphatic heterocycles. The topological polar surface area (TPSA) is 9.23 Å². The number of ether oxygens (including phenoxy) is 1. The lowest BCUT2D eigenvalue weighted by Gasteiger charge is -2.06. The lowest BCUT2D eigenvalue weighted by atomic mass is 10.1. The maximum Gasteiger partial charge on any atom is 0.119 e. The van der Waals surface area contributed by atoms with Crippen LogP contribution in [0.3, 0.4) is 0 Å². The monoisotopic (exact) mass is 248 g/mol. The number of methoxy groups -OCH3 is 1. The maximum atomic E-state index is 5.24. The van der Waals surface area contributed by atoms with Crippen LogP contribution in [0.1, 0.15) is 31.7 Å². The number of rotatable bonds is 5. The van der Waals surface area contributed by atoms with Crippen molar-refractivity contribution in [1.29, 1.82) is 0 Å². The molecule has 0 fully saturated rings. The third-order valence-corrected chi connectivity index (χ3v) is 3.38. The zero-order chi connectivity index (χ0) is 12.5. The third-order valence-electron chi connectivity index (χ3n) is 2.55. The minimum atomic E-state index is 0.817. The Morgan fingerprint density at radius 2 is 2.12 bits per heavy atom. The fourth-order valence-electron chi connectivity index (χ4n) is 1.53. The van der Waals surface area contributed by atoms with Crippen molar-refractivity contribution in [1.82, 2.24) is 0 Å². The van der Waals surface area contributed by atoms with Crippen LogP contribution >= 0.6 is 11.8 Å². The first kappa shape index (κ1) is 14.0. The lowest BCUT2D eigenvalue weighted by Crippen LogP contribution is -1.89. The molecule has 0 saturated heterocycles. The first-order valence-corrected chi connectivity index (χ1v) is 7.21. The van der Waals surface area contributed by atoms with Crippen LogP contribution in [-0.4, -0.2) is 13.4 Å². The summed E-state index contributed by atoms with van der Waals surface area (Å²) in [5.74, 6) is 7.38. The van der Waals surface area contributed by atoms with Gasteiger partial charge in [-0.2, -0.15) is 0 Å². The molecule has 0 radical (unpaired) electrons. The lowest BCUT2D eigenvalue weighted by molar-refractivity contribution is 0.414. The van der Waals surface area contributed by atoms with Gasteiger partial charge in [0.25, 0.3) is 0 Å². The molecule has 17 heavy (non-hydrogen) atoms. The molecule has 92 valence electrons. The molecule has 0 heterocycles. The number of unbranched alkanes of at least 4 members (excludes halogenated alkanes) is 2. The molecule has 0 N–H and O–H groups in total. The van der Waals surface area contributed by atoms with Crippen molar-refractivity contribution in [3.63, 3.8) is 0 Å². The summed E-state index contributed by atoms with van der Waals surface area (Å²) >= 11 is 1.76. The second kappa shape index (κ2) is 8.08. The molecule has 0 amide bonds. The molecule has 0 aromatic heterocycles. The predicted octanol–water partition coefficient (Wildman–Crippen LogP) is 4.15. The highest BCUT2D eigenvalue weighted by Gasteiger charge is 2.01. The summed E-state index contributed by atoms with van der Waals surface area (Å²) in [7, 11) is 1.70. The van der Waals surface area contributed by atoms with Gasteiger partial charge in [0.1, 0.15) is 5.75 Å². The largest absolute Gasteiger partial charge is 0.497 e. The van der Waals surface area contributed by atoms with Crippen molar-refractivity contribution >= 4 is 11.8 Å². The van der Waals surface area contributed by atoms with Crippen molar-refractivity contribution < 1.29 is 4.74 Å². The van der Waals surface area contributed by atoms with Gasteiger partial charge in [-0.05, 0) is 36.4 Å².